The molecule has 0 unspecified atom stereocenters. The van der Waals surface area contributed by atoms with Crippen LogP contribution in [0.25, 0.3) is 10.6 Å². The molecule has 3 rings (SSSR count). The standard InChI is InChI=1S/C15H10N4O3S/c20-13(10-4-2-1-3-5-10)16-15-18-17-14(23-15)11-6-8-12(9-7-11)19(21)22/h1-9H,(H,16,18,20). The second-order valence-electron chi connectivity index (χ2n) is 4.54. The third kappa shape index (κ3) is 3.38. The molecule has 0 saturated carbocycles. The molecule has 0 radical (unpaired) electrons. The van der Waals surface area contributed by atoms with Crippen LogP contribution in [-0.4, -0.2) is 21.0 Å². The van der Waals surface area contributed by atoms with Crippen LogP contribution in [0.3, 0.4) is 0 Å². The Balaban J connectivity index is 1.75. The predicted molar refractivity (Wildman–Crippen MR) is 86.4 cm³/mol. The topological polar surface area (TPSA) is 98.0 Å². The van der Waals surface area contributed by atoms with E-state index in [2.05, 4.69) is 15.5 Å². The van der Waals surface area contributed by atoms with E-state index in [0.29, 0.717) is 21.3 Å². The summed E-state index contributed by atoms with van der Waals surface area (Å²) < 4.78 is 0. The van der Waals surface area contributed by atoms with Gasteiger partial charge in [-0.3, -0.25) is 20.2 Å². The van der Waals surface area contributed by atoms with E-state index in [1.165, 1.54) is 23.5 Å². The summed E-state index contributed by atoms with van der Waals surface area (Å²) in [5.41, 5.74) is 1.24. The highest BCUT2D eigenvalue weighted by Gasteiger charge is 2.12. The van der Waals surface area contributed by atoms with Gasteiger partial charge in [0.2, 0.25) is 5.13 Å². The highest BCUT2D eigenvalue weighted by atomic mass is 32.1. The van der Waals surface area contributed by atoms with Gasteiger partial charge in [-0.05, 0) is 24.3 Å². The summed E-state index contributed by atoms with van der Waals surface area (Å²) >= 11 is 1.20. The zero-order valence-corrected chi connectivity index (χ0v) is 12.5. The van der Waals surface area contributed by atoms with Gasteiger partial charge in [0.1, 0.15) is 5.01 Å². The third-order valence-electron chi connectivity index (χ3n) is 3.01. The van der Waals surface area contributed by atoms with Gasteiger partial charge in [-0.1, -0.05) is 29.5 Å². The summed E-state index contributed by atoms with van der Waals surface area (Å²) in [5, 5.41) is 22.2. The molecular weight excluding hydrogens is 316 g/mol. The SMILES string of the molecule is O=C(Nc1nnc(-c2ccc([N+](=O)[O-])cc2)s1)c1ccccc1. The number of nitro benzene ring substituents is 1. The van der Waals surface area contributed by atoms with Crippen molar-refractivity contribution in [2.75, 3.05) is 5.32 Å². The van der Waals surface area contributed by atoms with E-state index in [9.17, 15) is 14.9 Å². The molecular formula is C15H10N4O3S. The van der Waals surface area contributed by atoms with Crippen LogP contribution in [0.2, 0.25) is 0 Å². The summed E-state index contributed by atoms with van der Waals surface area (Å²) in [6, 6.07) is 14.8. The number of anilines is 1. The molecule has 0 aliphatic rings. The second-order valence-corrected chi connectivity index (χ2v) is 5.51. The molecule has 0 fully saturated rings. The first-order valence-electron chi connectivity index (χ1n) is 6.58. The largest absolute Gasteiger partial charge is 0.296 e. The lowest BCUT2D eigenvalue weighted by molar-refractivity contribution is -0.384. The number of carbonyl (C=O) groups is 1. The monoisotopic (exact) mass is 326 g/mol. The number of non-ortho nitro benzene ring substituents is 1. The molecule has 8 heteroatoms. The zero-order chi connectivity index (χ0) is 16.2. The Hall–Kier alpha value is -3.13. The van der Waals surface area contributed by atoms with Crippen molar-refractivity contribution in [3.05, 3.63) is 70.3 Å². The van der Waals surface area contributed by atoms with Gasteiger partial charge in [-0.25, -0.2) is 0 Å². The van der Waals surface area contributed by atoms with Crippen molar-refractivity contribution >= 4 is 28.1 Å². The smallest absolute Gasteiger partial charge is 0.269 e. The van der Waals surface area contributed by atoms with Gasteiger partial charge in [0, 0.05) is 23.3 Å². The number of amides is 1. The van der Waals surface area contributed by atoms with E-state index in [1.807, 2.05) is 6.07 Å². The van der Waals surface area contributed by atoms with Gasteiger partial charge in [-0.2, -0.15) is 0 Å². The van der Waals surface area contributed by atoms with Crippen molar-refractivity contribution in [2.24, 2.45) is 0 Å². The van der Waals surface area contributed by atoms with Gasteiger partial charge < -0.3 is 0 Å². The maximum absolute atomic E-state index is 12.0. The van der Waals surface area contributed by atoms with Crippen LogP contribution in [0.1, 0.15) is 10.4 Å². The fourth-order valence-electron chi connectivity index (χ4n) is 1.87. The van der Waals surface area contributed by atoms with E-state index in [1.54, 1.807) is 36.4 Å². The average molecular weight is 326 g/mol. The van der Waals surface area contributed by atoms with E-state index >= 15 is 0 Å². The van der Waals surface area contributed by atoms with Crippen molar-refractivity contribution in [3.63, 3.8) is 0 Å². The number of nitro groups is 1. The summed E-state index contributed by atoms with van der Waals surface area (Å²) in [6.07, 6.45) is 0. The Morgan fingerprint density at radius 2 is 1.74 bits per heavy atom. The van der Waals surface area contributed by atoms with E-state index < -0.39 is 4.92 Å². The number of nitrogens with zero attached hydrogens (tertiary/aromatic N) is 3. The fraction of sp³-hybridized carbons (Fsp3) is 0. The normalized spacial score (nSPS) is 10.3. The van der Waals surface area contributed by atoms with Crippen molar-refractivity contribution in [3.8, 4) is 10.6 Å². The molecule has 1 N–H and O–H groups in total. The molecule has 114 valence electrons. The molecule has 1 amide bonds. The lowest BCUT2D eigenvalue weighted by atomic mass is 10.2. The number of benzene rings is 2. The first-order valence-corrected chi connectivity index (χ1v) is 7.40. The van der Waals surface area contributed by atoms with E-state index in [0.717, 1.165) is 0 Å². The minimum atomic E-state index is -0.463. The van der Waals surface area contributed by atoms with Gasteiger partial charge in [0.25, 0.3) is 11.6 Å². The van der Waals surface area contributed by atoms with Crippen LogP contribution in [0.15, 0.2) is 54.6 Å². The maximum atomic E-state index is 12.0. The number of hydrogen-bond acceptors (Lipinski definition) is 6. The molecule has 0 spiro atoms. The number of nitrogens with one attached hydrogen (secondary N) is 1. The maximum Gasteiger partial charge on any atom is 0.269 e. The molecule has 1 aromatic heterocycles. The van der Waals surface area contributed by atoms with Crippen molar-refractivity contribution in [2.45, 2.75) is 0 Å². The zero-order valence-electron chi connectivity index (χ0n) is 11.7. The summed E-state index contributed by atoms with van der Waals surface area (Å²) in [5.74, 6) is -0.267. The van der Waals surface area contributed by atoms with Gasteiger partial charge >= 0.3 is 0 Å². The summed E-state index contributed by atoms with van der Waals surface area (Å²) in [7, 11) is 0. The predicted octanol–water partition coefficient (Wildman–Crippen LogP) is 3.37. The quantitative estimate of drug-likeness (QED) is 0.585. The molecule has 7 nitrogen and oxygen atoms in total. The highest BCUT2D eigenvalue weighted by Crippen LogP contribution is 2.27. The first kappa shape index (κ1) is 14.8. The number of aromatic nitrogens is 2. The Morgan fingerprint density at radius 1 is 1.04 bits per heavy atom. The highest BCUT2D eigenvalue weighted by molar-refractivity contribution is 7.18. The Morgan fingerprint density at radius 3 is 2.39 bits per heavy atom. The molecule has 0 saturated heterocycles. The molecule has 3 aromatic rings. The Labute approximate surface area is 134 Å². The lowest BCUT2D eigenvalue weighted by Gasteiger charge is -1.99. The molecule has 0 atom stereocenters. The number of rotatable bonds is 4. The summed E-state index contributed by atoms with van der Waals surface area (Å²) in [4.78, 5) is 22.2. The molecule has 1 heterocycles. The second kappa shape index (κ2) is 6.32. The van der Waals surface area contributed by atoms with Crippen LogP contribution < -0.4 is 5.32 Å². The van der Waals surface area contributed by atoms with E-state index in [-0.39, 0.29) is 11.6 Å². The average Bonchev–Trinajstić information content (AvgIpc) is 3.04. The van der Waals surface area contributed by atoms with E-state index in [4.69, 9.17) is 0 Å². The number of carbonyl (C=O) groups excluding carboxylic acids is 1. The minimum Gasteiger partial charge on any atom is -0.296 e. The third-order valence-corrected chi connectivity index (χ3v) is 3.89. The van der Waals surface area contributed by atoms with Crippen LogP contribution in [0.5, 0.6) is 0 Å². The molecule has 0 aliphatic heterocycles. The van der Waals surface area contributed by atoms with Crippen LogP contribution in [0.4, 0.5) is 10.8 Å². The molecule has 0 aliphatic carbocycles. The fourth-order valence-corrected chi connectivity index (χ4v) is 2.62. The summed E-state index contributed by atoms with van der Waals surface area (Å²) in [6.45, 7) is 0. The van der Waals surface area contributed by atoms with Crippen molar-refractivity contribution in [1.82, 2.24) is 10.2 Å². The van der Waals surface area contributed by atoms with Crippen molar-refractivity contribution < 1.29 is 9.72 Å². The first-order chi connectivity index (χ1) is 11.1. The van der Waals surface area contributed by atoms with Gasteiger partial charge in [-0.15, -0.1) is 10.2 Å². The lowest BCUT2D eigenvalue weighted by Crippen LogP contribution is -2.11. The van der Waals surface area contributed by atoms with Crippen LogP contribution in [-0.2, 0) is 0 Å². The van der Waals surface area contributed by atoms with Crippen molar-refractivity contribution in [1.29, 1.82) is 0 Å². The minimum absolute atomic E-state index is 0.0101. The number of hydrogen-bond donors (Lipinski definition) is 1. The van der Waals surface area contributed by atoms with Gasteiger partial charge in [0.15, 0.2) is 0 Å². The van der Waals surface area contributed by atoms with Crippen LogP contribution >= 0.6 is 11.3 Å². The van der Waals surface area contributed by atoms with Crippen LogP contribution in [0, 0.1) is 10.1 Å². The molecule has 23 heavy (non-hydrogen) atoms. The Bertz CT molecular complexity index is 847. The molecule has 0 bridgehead atoms. The molecule has 2 aromatic carbocycles. The Kier molecular flexibility index (Phi) is 4.07. The van der Waals surface area contributed by atoms with Gasteiger partial charge in [0.05, 0.1) is 4.92 Å².